The van der Waals surface area contributed by atoms with Gasteiger partial charge in [-0.1, -0.05) is 0 Å². The van der Waals surface area contributed by atoms with E-state index in [0.29, 0.717) is 12.4 Å². The maximum absolute atomic E-state index is 5.74. The first kappa shape index (κ1) is 15.8. The van der Waals surface area contributed by atoms with Crippen molar-refractivity contribution in [3.8, 4) is 11.6 Å². The summed E-state index contributed by atoms with van der Waals surface area (Å²) >= 11 is 1.70. The number of thioether (sulfide) groups is 1. The van der Waals surface area contributed by atoms with Crippen LogP contribution in [0, 0.1) is 0 Å². The van der Waals surface area contributed by atoms with Gasteiger partial charge < -0.3 is 10.1 Å². The van der Waals surface area contributed by atoms with Gasteiger partial charge in [0, 0.05) is 23.2 Å². The Labute approximate surface area is 130 Å². The smallest absolute Gasteiger partial charge is 0.238 e. The summed E-state index contributed by atoms with van der Waals surface area (Å²) in [5.41, 5.74) is 0.912. The average Bonchev–Trinajstić information content (AvgIpc) is 2.46. The highest BCUT2D eigenvalue weighted by molar-refractivity contribution is 7.98. The van der Waals surface area contributed by atoms with Gasteiger partial charge in [-0.3, -0.25) is 4.98 Å². The van der Waals surface area contributed by atoms with Gasteiger partial charge in [0.25, 0.3) is 0 Å². The predicted molar refractivity (Wildman–Crippen MR) is 86.9 cm³/mol. The Hall–Kier alpha value is -1.59. The van der Waals surface area contributed by atoms with Crippen LogP contribution in [0.4, 0.5) is 0 Å². The fourth-order valence-corrected chi connectivity index (χ4v) is 2.05. The summed E-state index contributed by atoms with van der Waals surface area (Å²) < 4.78 is 5.74. The van der Waals surface area contributed by atoms with Gasteiger partial charge in [-0.25, -0.2) is 4.98 Å². The zero-order valence-corrected chi connectivity index (χ0v) is 13.7. The third-order valence-corrected chi connectivity index (χ3v) is 3.49. The number of nitrogens with one attached hydrogen (secondary N) is 1. The molecule has 1 N–H and O–H groups in total. The summed E-state index contributed by atoms with van der Waals surface area (Å²) in [7, 11) is 0. The molecular formula is C16H21N3OS. The van der Waals surface area contributed by atoms with Crippen molar-refractivity contribution in [2.24, 2.45) is 0 Å². The third-order valence-electron chi connectivity index (χ3n) is 2.74. The molecular weight excluding hydrogens is 282 g/mol. The van der Waals surface area contributed by atoms with Crippen LogP contribution >= 0.6 is 11.8 Å². The number of hydrogen-bond donors (Lipinski definition) is 1. The van der Waals surface area contributed by atoms with E-state index in [0.717, 1.165) is 11.4 Å². The summed E-state index contributed by atoms with van der Waals surface area (Å²) in [4.78, 5) is 9.85. The Morgan fingerprint density at radius 3 is 2.48 bits per heavy atom. The van der Waals surface area contributed by atoms with Gasteiger partial charge in [-0.05, 0) is 51.3 Å². The summed E-state index contributed by atoms with van der Waals surface area (Å²) in [6.07, 6.45) is 5.43. The highest BCUT2D eigenvalue weighted by Crippen LogP contribution is 2.22. The molecule has 0 aliphatic heterocycles. The first-order chi connectivity index (χ1) is 9.96. The van der Waals surface area contributed by atoms with E-state index < -0.39 is 0 Å². The van der Waals surface area contributed by atoms with Crippen LogP contribution in [0.25, 0.3) is 0 Å². The fraction of sp³-hybridized carbons (Fsp3) is 0.375. The third kappa shape index (κ3) is 5.36. The van der Waals surface area contributed by atoms with E-state index >= 15 is 0 Å². The van der Waals surface area contributed by atoms with Crippen LogP contribution in [-0.4, -0.2) is 21.8 Å². The van der Waals surface area contributed by atoms with E-state index in [1.54, 1.807) is 24.2 Å². The first-order valence-electron chi connectivity index (χ1n) is 6.84. The Kier molecular flexibility index (Phi) is 5.20. The minimum absolute atomic E-state index is 0.0478. The van der Waals surface area contributed by atoms with E-state index in [2.05, 4.69) is 36.1 Å². The van der Waals surface area contributed by atoms with Crippen molar-refractivity contribution in [1.29, 1.82) is 0 Å². The van der Waals surface area contributed by atoms with Gasteiger partial charge in [0.05, 0.1) is 11.9 Å². The molecule has 0 radical (unpaired) electrons. The quantitative estimate of drug-likeness (QED) is 0.849. The molecule has 2 aromatic rings. The van der Waals surface area contributed by atoms with E-state index in [1.807, 2.05) is 30.5 Å². The summed E-state index contributed by atoms with van der Waals surface area (Å²) in [5.74, 6) is 1.28. The van der Waals surface area contributed by atoms with Crippen LogP contribution in [0.5, 0.6) is 11.6 Å². The molecule has 0 saturated heterocycles. The van der Waals surface area contributed by atoms with Crippen LogP contribution in [0.1, 0.15) is 26.5 Å². The second-order valence-electron chi connectivity index (χ2n) is 5.73. The van der Waals surface area contributed by atoms with Gasteiger partial charge >= 0.3 is 0 Å². The monoisotopic (exact) mass is 303 g/mol. The minimum Gasteiger partial charge on any atom is -0.437 e. The van der Waals surface area contributed by atoms with Crippen LogP contribution in [0.2, 0.25) is 0 Å². The molecule has 0 bridgehead atoms. The highest BCUT2D eigenvalue weighted by atomic mass is 32.2. The number of benzene rings is 1. The number of ether oxygens (including phenoxy) is 1. The van der Waals surface area contributed by atoms with Crippen molar-refractivity contribution in [2.75, 3.05) is 6.26 Å². The SMILES string of the molecule is CSc1ccc(Oc2cncc(CNC(C)(C)C)n2)cc1. The molecule has 112 valence electrons. The molecule has 5 heteroatoms. The fourth-order valence-electron chi connectivity index (χ4n) is 1.64. The predicted octanol–water partition coefficient (Wildman–Crippen LogP) is 3.88. The molecule has 1 aromatic heterocycles. The molecule has 1 heterocycles. The van der Waals surface area contributed by atoms with Crippen LogP contribution in [0.3, 0.4) is 0 Å². The van der Waals surface area contributed by atoms with Gasteiger partial charge in [-0.2, -0.15) is 0 Å². The number of hydrogen-bond acceptors (Lipinski definition) is 5. The zero-order valence-electron chi connectivity index (χ0n) is 12.9. The molecule has 21 heavy (non-hydrogen) atoms. The molecule has 0 unspecified atom stereocenters. The van der Waals surface area contributed by atoms with Crippen molar-refractivity contribution < 1.29 is 4.74 Å². The molecule has 0 amide bonds. The maximum atomic E-state index is 5.74. The molecule has 0 fully saturated rings. The van der Waals surface area contributed by atoms with Crippen LogP contribution in [-0.2, 0) is 6.54 Å². The van der Waals surface area contributed by atoms with Crippen molar-refractivity contribution >= 4 is 11.8 Å². The summed E-state index contributed by atoms with van der Waals surface area (Å²) in [5, 5.41) is 3.38. The normalized spacial score (nSPS) is 11.4. The number of aromatic nitrogens is 2. The van der Waals surface area contributed by atoms with Gasteiger partial charge in [0.15, 0.2) is 0 Å². The standard InChI is InChI=1S/C16H21N3OS/c1-16(2,3)18-10-12-9-17-11-15(19-12)20-13-5-7-14(21-4)8-6-13/h5-9,11,18H,10H2,1-4H3. The molecule has 4 nitrogen and oxygen atoms in total. The van der Waals surface area contributed by atoms with Crippen molar-refractivity contribution in [3.63, 3.8) is 0 Å². The minimum atomic E-state index is 0.0478. The van der Waals surface area contributed by atoms with Gasteiger partial charge in [-0.15, -0.1) is 11.8 Å². The first-order valence-corrected chi connectivity index (χ1v) is 8.06. The van der Waals surface area contributed by atoms with Gasteiger partial charge in [0.2, 0.25) is 5.88 Å². The van der Waals surface area contributed by atoms with Crippen molar-refractivity contribution in [3.05, 3.63) is 42.4 Å². The lowest BCUT2D eigenvalue weighted by molar-refractivity contribution is 0.414. The van der Waals surface area contributed by atoms with Crippen molar-refractivity contribution in [2.45, 2.75) is 37.8 Å². The Morgan fingerprint density at radius 1 is 1.14 bits per heavy atom. The summed E-state index contributed by atoms with van der Waals surface area (Å²) in [6.45, 7) is 7.02. The Bertz CT molecular complexity index is 579. The molecule has 0 aliphatic carbocycles. The zero-order chi connectivity index (χ0) is 15.3. The van der Waals surface area contributed by atoms with Gasteiger partial charge in [0.1, 0.15) is 5.75 Å². The molecule has 0 saturated carbocycles. The highest BCUT2D eigenvalue weighted by Gasteiger charge is 2.09. The average molecular weight is 303 g/mol. The van der Waals surface area contributed by atoms with Crippen LogP contribution in [0.15, 0.2) is 41.6 Å². The largest absolute Gasteiger partial charge is 0.437 e. The molecule has 2 rings (SSSR count). The Balaban J connectivity index is 2.03. The van der Waals surface area contributed by atoms with E-state index in [4.69, 9.17) is 4.74 Å². The Morgan fingerprint density at radius 2 is 1.86 bits per heavy atom. The van der Waals surface area contributed by atoms with Crippen LogP contribution < -0.4 is 10.1 Å². The topological polar surface area (TPSA) is 47.0 Å². The lowest BCUT2D eigenvalue weighted by atomic mass is 10.1. The molecule has 0 aliphatic rings. The number of rotatable bonds is 5. The lowest BCUT2D eigenvalue weighted by Crippen LogP contribution is -2.35. The second kappa shape index (κ2) is 6.91. The maximum Gasteiger partial charge on any atom is 0.238 e. The van der Waals surface area contributed by atoms with E-state index in [1.165, 1.54) is 4.90 Å². The number of nitrogens with zero attached hydrogens (tertiary/aromatic N) is 2. The van der Waals surface area contributed by atoms with Crippen molar-refractivity contribution in [1.82, 2.24) is 15.3 Å². The lowest BCUT2D eigenvalue weighted by Gasteiger charge is -2.20. The summed E-state index contributed by atoms with van der Waals surface area (Å²) in [6, 6.07) is 7.93. The molecule has 0 atom stereocenters. The molecule has 1 aromatic carbocycles. The van der Waals surface area contributed by atoms with E-state index in [9.17, 15) is 0 Å². The second-order valence-corrected chi connectivity index (χ2v) is 6.61. The van der Waals surface area contributed by atoms with E-state index in [-0.39, 0.29) is 5.54 Å². The molecule has 0 spiro atoms.